The molecule has 0 radical (unpaired) electrons. The van der Waals surface area contributed by atoms with Crippen molar-refractivity contribution in [1.29, 1.82) is 0 Å². The fourth-order valence-corrected chi connectivity index (χ4v) is 2.01. The molecule has 1 fully saturated rings. The first-order chi connectivity index (χ1) is 7.65. The lowest BCUT2D eigenvalue weighted by Crippen LogP contribution is -2.29. The highest BCUT2D eigenvalue weighted by molar-refractivity contribution is 5.77. The minimum atomic E-state index is -0.189. The van der Waals surface area contributed by atoms with E-state index in [9.17, 15) is 4.79 Å². The van der Waals surface area contributed by atoms with Crippen molar-refractivity contribution in [3.8, 4) is 0 Å². The predicted octanol–water partition coefficient (Wildman–Crippen LogP) is -0.727. The van der Waals surface area contributed by atoms with Crippen molar-refractivity contribution in [3.05, 3.63) is 12.3 Å². The zero-order valence-corrected chi connectivity index (χ0v) is 9.17. The first-order valence-corrected chi connectivity index (χ1v) is 5.46. The van der Waals surface area contributed by atoms with Gasteiger partial charge in [0.05, 0.1) is 12.5 Å². The van der Waals surface area contributed by atoms with E-state index in [1.54, 1.807) is 6.07 Å². The molecule has 1 aliphatic rings. The lowest BCUT2D eigenvalue weighted by molar-refractivity contribution is -0.121. The van der Waals surface area contributed by atoms with Gasteiger partial charge in [0.15, 0.2) is 0 Å². The second kappa shape index (κ2) is 4.52. The van der Waals surface area contributed by atoms with Gasteiger partial charge in [-0.05, 0) is 19.0 Å². The van der Waals surface area contributed by atoms with E-state index in [0.717, 1.165) is 32.6 Å². The van der Waals surface area contributed by atoms with E-state index in [0.29, 0.717) is 5.82 Å². The van der Waals surface area contributed by atoms with Crippen LogP contribution < -0.4 is 11.5 Å². The summed E-state index contributed by atoms with van der Waals surface area (Å²) in [6.07, 6.45) is 2.73. The Hall–Kier alpha value is -1.56. The SMILES string of the molecule is NC(=O)C1CCN(CCn2ccc(N)n2)C1. The molecule has 0 bridgehead atoms. The molecular weight excluding hydrogens is 206 g/mol. The molecule has 1 atom stereocenters. The van der Waals surface area contributed by atoms with Gasteiger partial charge in [0.2, 0.25) is 5.91 Å². The summed E-state index contributed by atoms with van der Waals surface area (Å²) in [7, 11) is 0. The van der Waals surface area contributed by atoms with Crippen molar-refractivity contribution in [2.24, 2.45) is 11.7 Å². The van der Waals surface area contributed by atoms with Gasteiger partial charge in [-0.3, -0.25) is 9.48 Å². The molecule has 2 heterocycles. The molecule has 0 aliphatic carbocycles. The number of nitrogens with two attached hydrogens (primary N) is 2. The van der Waals surface area contributed by atoms with E-state index in [4.69, 9.17) is 11.5 Å². The van der Waals surface area contributed by atoms with E-state index < -0.39 is 0 Å². The zero-order chi connectivity index (χ0) is 11.5. The maximum atomic E-state index is 11.0. The second-order valence-corrected chi connectivity index (χ2v) is 4.19. The Morgan fingerprint density at radius 3 is 2.94 bits per heavy atom. The quantitative estimate of drug-likeness (QED) is 0.704. The Balaban J connectivity index is 1.77. The van der Waals surface area contributed by atoms with Crippen LogP contribution in [0.1, 0.15) is 6.42 Å². The number of aromatic nitrogens is 2. The second-order valence-electron chi connectivity index (χ2n) is 4.19. The van der Waals surface area contributed by atoms with E-state index in [-0.39, 0.29) is 11.8 Å². The molecule has 2 rings (SSSR count). The van der Waals surface area contributed by atoms with Gasteiger partial charge in [0.1, 0.15) is 5.82 Å². The van der Waals surface area contributed by atoms with Crippen LogP contribution in [-0.4, -0.2) is 40.2 Å². The van der Waals surface area contributed by atoms with Gasteiger partial charge in [-0.25, -0.2) is 0 Å². The van der Waals surface area contributed by atoms with Crippen molar-refractivity contribution in [3.63, 3.8) is 0 Å². The summed E-state index contributed by atoms with van der Waals surface area (Å²) in [5.74, 6) is 0.366. The van der Waals surface area contributed by atoms with E-state index in [1.807, 2.05) is 10.9 Å². The first kappa shape index (κ1) is 10.9. The molecule has 0 spiro atoms. The third kappa shape index (κ3) is 2.52. The van der Waals surface area contributed by atoms with E-state index in [1.165, 1.54) is 0 Å². The smallest absolute Gasteiger partial charge is 0.221 e. The summed E-state index contributed by atoms with van der Waals surface area (Å²) in [5, 5.41) is 4.10. The molecule has 6 heteroatoms. The maximum absolute atomic E-state index is 11.0. The molecule has 88 valence electrons. The van der Waals surface area contributed by atoms with Crippen LogP contribution in [0.2, 0.25) is 0 Å². The van der Waals surface area contributed by atoms with Crippen LogP contribution in [-0.2, 0) is 11.3 Å². The number of anilines is 1. The molecule has 4 N–H and O–H groups in total. The number of primary amides is 1. The largest absolute Gasteiger partial charge is 0.382 e. The molecule has 6 nitrogen and oxygen atoms in total. The zero-order valence-electron chi connectivity index (χ0n) is 9.17. The van der Waals surface area contributed by atoms with Gasteiger partial charge in [-0.15, -0.1) is 0 Å². The minimum Gasteiger partial charge on any atom is -0.382 e. The highest BCUT2D eigenvalue weighted by Crippen LogP contribution is 2.15. The first-order valence-electron chi connectivity index (χ1n) is 5.46. The highest BCUT2D eigenvalue weighted by Gasteiger charge is 2.25. The number of likely N-dealkylation sites (tertiary alicyclic amines) is 1. The number of carbonyl (C=O) groups is 1. The Morgan fingerprint density at radius 1 is 1.56 bits per heavy atom. The molecule has 16 heavy (non-hydrogen) atoms. The number of amides is 1. The number of carbonyl (C=O) groups excluding carboxylic acids is 1. The third-order valence-electron chi connectivity index (χ3n) is 2.98. The number of hydrogen-bond acceptors (Lipinski definition) is 4. The average Bonchev–Trinajstić information content (AvgIpc) is 2.83. The molecule has 0 aromatic carbocycles. The topological polar surface area (TPSA) is 90.2 Å². The van der Waals surface area contributed by atoms with Crippen LogP contribution >= 0.6 is 0 Å². The maximum Gasteiger partial charge on any atom is 0.221 e. The number of hydrogen-bond donors (Lipinski definition) is 2. The molecule has 1 aromatic heterocycles. The summed E-state index contributed by atoms with van der Waals surface area (Å²) in [5.41, 5.74) is 10.8. The normalized spacial score (nSPS) is 21.4. The summed E-state index contributed by atoms with van der Waals surface area (Å²) in [6.45, 7) is 3.38. The van der Waals surface area contributed by atoms with Crippen LogP contribution in [0, 0.1) is 5.92 Å². The minimum absolute atomic E-state index is 0.0164. The Morgan fingerprint density at radius 2 is 2.38 bits per heavy atom. The van der Waals surface area contributed by atoms with E-state index in [2.05, 4.69) is 10.00 Å². The molecule has 0 saturated carbocycles. The molecule has 1 aromatic rings. The highest BCUT2D eigenvalue weighted by atomic mass is 16.1. The number of nitrogens with zero attached hydrogens (tertiary/aromatic N) is 3. The predicted molar refractivity (Wildman–Crippen MR) is 60.4 cm³/mol. The fraction of sp³-hybridized carbons (Fsp3) is 0.600. The van der Waals surface area contributed by atoms with Crippen molar-refractivity contribution < 1.29 is 4.79 Å². The summed E-state index contributed by atoms with van der Waals surface area (Å²) >= 11 is 0. The lowest BCUT2D eigenvalue weighted by atomic mass is 10.1. The van der Waals surface area contributed by atoms with Crippen molar-refractivity contribution in [2.45, 2.75) is 13.0 Å². The van der Waals surface area contributed by atoms with Crippen LogP contribution in [0.5, 0.6) is 0 Å². The summed E-state index contributed by atoms with van der Waals surface area (Å²) in [6, 6.07) is 1.77. The van der Waals surface area contributed by atoms with Gasteiger partial charge in [0, 0.05) is 19.3 Å². The molecule has 1 amide bonds. The molecule has 1 aliphatic heterocycles. The summed E-state index contributed by atoms with van der Waals surface area (Å²) < 4.78 is 1.81. The summed E-state index contributed by atoms with van der Waals surface area (Å²) in [4.78, 5) is 13.2. The Kier molecular flexibility index (Phi) is 3.09. The Bertz CT molecular complexity index is 375. The van der Waals surface area contributed by atoms with Gasteiger partial charge >= 0.3 is 0 Å². The molecular formula is C10H17N5O. The van der Waals surface area contributed by atoms with Crippen LogP contribution in [0.3, 0.4) is 0 Å². The van der Waals surface area contributed by atoms with Crippen molar-refractivity contribution in [2.75, 3.05) is 25.4 Å². The average molecular weight is 223 g/mol. The van der Waals surface area contributed by atoms with Crippen LogP contribution in [0.25, 0.3) is 0 Å². The van der Waals surface area contributed by atoms with Crippen molar-refractivity contribution >= 4 is 11.7 Å². The monoisotopic (exact) mass is 223 g/mol. The number of nitrogen functional groups attached to an aromatic ring is 1. The molecule has 1 unspecified atom stereocenters. The standard InChI is InChI=1S/C10H17N5O/c11-9-2-4-15(13-9)6-5-14-3-1-8(7-14)10(12)16/h2,4,8H,1,3,5-7H2,(H2,11,13)(H2,12,16). The lowest BCUT2D eigenvalue weighted by Gasteiger charge is -2.14. The number of rotatable bonds is 4. The van der Waals surface area contributed by atoms with Gasteiger partial charge < -0.3 is 16.4 Å². The van der Waals surface area contributed by atoms with Gasteiger partial charge in [-0.1, -0.05) is 0 Å². The molecule has 1 saturated heterocycles. The fourth-order valence-electron chi connectivity index (χ4n) is 2.01. The van der Waals surface area contributed by atoms with Gasteiger partial charge in [-0.2, -0.15) is 5.10 Å². The van der Waals surface area contributed by atoms with E-state index >= 15 is 0 Å². The van der Waals surface area contributed by atoms with Crippen molar-refractivity contribution in [1.82, 2.24) is 14.7 Å². The van der Waals surface area contributed by atoms with Crippen LogP contribution in [0.15, 0.2) is 12.3 Å². The Labute approximate surface area is 94.2 Å². The van der Waals surface area contributed by atoms with Crippen LogP contribution in [0.4, 0.5) is 5.82 Å². The van der Waals surface area contributed by atoms with Gasteiger partial charge in [0.25, 0.3) is 0 Å². The third-order valence-corrected chi connectivity index (χ3v) is 2.98.